The molecule has 0 amide bonds. The summed E-state index contributed by atoms with van der Waals surface area (Å²) in [6.07, 6.45) is 7.57. The van der Waals surface area contributed by atoms with Crippen molar-refractivity contribution in [3.63, 3.8) is 0 Å². The van der Waals surface area contributed by atoms with E-state index in [9.17, 15) is 4.79 Å². The summed E-state index contributed by atoms with van der Waals surface area (Å²) >= 11 is 26.1. The minimum Gasteiger partial charge on any atom is -0.443 e. The zero-order chi connectivity index (χ0) is 45.1. The third-order valence-electron chi connectivity index (χ3n) is 7.87. The Morgan fingerprint density at radius 2 is 0.810 bits per heavy atom. The number of hydrogen-bond acceptors (Lipinski definition) is 16. The van der Waals surface area contributed by atoms with Crippen LogP contribution in [0.15, 0.2) is 142 Å². The van der Waals surface area contributed by atoms with Crippen molar-refractivity contribution in [1.82, 2.24) is 19.1 Å². The Bertz CT molecular complexity index is 2480. The van der Waals surface area contributed by atoms with Crippen molar-refractivity contribution >= 4 is 127 Å². The molecule has 24 heteroatoms. The van der Waals surface area contributed by atoms with E-state index in [4.69, 9.17) is 69.8 Å². The van der Waals surface area contributed by atoms with Gasteiger partial charge >= 0.3 is 21.2 Å². The maximum Gasteiger partial charge on any atom is 0.540 e. The summed E-state index contributed by atoms with van der Waals surface area (Å²) in [6, 6.07) is 36.4. The van der Waals surface area contributed by atoms with E-state index in [1.54, 1.807) is 96.4 Å². The van der Waals surface area contributed by atoms with E-state index in [1.165, 1.54) is 0 Å². The van der Waals surface area contributed by atoms with Crippen molar-refractivity contribution in [3.8, 4) is 28.7 Å². The number of hydrazone groups is 4. The second-order valence-corrected chi connectivity index (χ2v) is 22.0. The van der Waals surface area contributed by atoms with E-state index in [2.05, 4.69) is 32.7 Å². The van der Waals surface area contributed by atoms with Crippen LogP contribution in [0.25, 0.3) is 0 Å². The van der Waals surface area contributed by atoms with Gasteiger partial charge in [-0.25, -0.2) is 4.78 Å². The first kappa shape index (κ1) is 49.5. The summed E-state index contributed by atoms with van der Waals surface area (Å²) in [5.74, 6) is 3.12. The van der Waals surface area contributed by atoms with Crippen LogP contribution < -0.4 is 22.6 Å². The first-order chi connectivity index (χ1) is 30.4. The highest BCUT2D eigenvalue weighted by Gasteiger charge is 2.23. The van der Waals surface area contributed by atoms with E-state index in [0.29, 0.717) is 41.9 Å². The van der Waals surface area contributed by atoms with Crippen LogP contribution in [0.5, 0.6) is 28.7 Å². The molecular formula is C39H38N8O6P5S5+3. The molecule has 0 fully saturated rings. The molecule has 0 aliphatic rings. The van der Waals surface area contributed by atoms with Gasteiger partial charge in [-0.05, 0) is 155 Å². The van der Waals surface area contributed by atoms with Gasteiger partial charge in [-0.1, -0.05) is 26.6 Å². The SMILES string of the molecule is CN(N=Cc1ccc(O[P+](=S)N(C)N=Cc2ccc(O[P+](=S)N(C)N=Cc3ccc(O[P+](=S)N(C)N=Cc4ccc(OP=S)cc4)cc3)cc2)cc1)P(S)Oc1ccc(C=O)cc1. The molecule has 0 spiro atoms. The molecule has 0 saturated heterocycles. The van der Waals surface area contributed by atoms with Crippen molar-refractivity contribution in [2.24, 2.45) is 20.4 Å². The molecular weight excluding hydrogens is 992 g/mol. The Morgan fingerprint density at radius 3 is 1.14 bits per heavy atom. The van der Waals surface area contributed by atoms with Crippen molar-refractivity contribution in [3.05, 3.63) is 149 Å². The fourth-order valence-electron chi connectivity index (χ4n) is 4.48. The average Bonchev–Trinajstić information content (AvgIpc) is 3.30. The molecule has 4 unspecified atom stereocenters. The molecule has 0 heterocycles. The predicted octanol–water partition coefficient (Wildman–Crippen LogP) is 11.1. The number of carbonyl (C=O) groups excluding carboxylic acids is 1. The lowest BCUT2D eigenvalue weighted by Gasteiger charge is -2.20. The Morgan fingerprint density at radius 1 is 0.508 bits per heavy atom. The third-order valence-corrected chi connectivity index (χ3v) is 16.0. The van der Waals surface area contributed by atoms with Gasteiger partial charge in [0.15, 0.2) is 17.2 Å². The lowest BCUT2D eigenvalue weighted by Crippen LogP contribution is -2.05. The Balaban J connectivity index is 1.02. The number of aldehydes is 1. The summed E-state index contributed by atoms with van der Waals surface area (Å²) in [6.45, 7) is 0. The summed E-state index contributed by atoms with van der Waals surface area (Å²) in [7, 11) is 1.74. The van der Waals surface area contributed by atoms with E-state index in [-0.39, 0.29) is 0 Å². The number of carbonyl (C=O) groups is 1. The lowest BCUT2D eigenvalue weighted by atomic mass is 10.2. The van der Waals surface area contributed by atoms with Gasteiger partial charge in [0.05, 0.1) is 46.0 Å². The molecule has 5 rings (SSSR count). The number of hydrogen-bond donors (Lipinski definition) is 1. The normalized spacial score (nSPS) is 12.6. The number of benzene rings is 5. The van der Waals surface area contributed by atoms with Crippen LogP contribution in [0.4, 0.5) is 0 Å². The minimum absolute atomic E-state index is 0.425. The lowest BCUT2D eigenvalue weighted by molar-refractivity contribution is 0.112. The van der Waals surface area contributed by atoms with Gasteiger partial charge in [-0.15, -0.1) is 15.3 Å². The van der Waals surface area contributed by atoms with E-state index < -0.39 is 28.7 Å². The average molecular weight is 1030 g/mol. The quantitative estimate of drug-likeness (QED) is 0.0219. The topological polar surface area (TPSA) is 126 Å². The van der Waals surface area contributed by atoms with Crippen LogP contribution in [0.3, 0.4) is 0 Å². The zero-order valence-corrected chi connectivity index (χ0v) is 42.4. The smallest absolute Gasteiger partial charge is 0.443 e. The highest BCUT2D eigenvalue weighted by molar-refractivity contribution is 8.42. The van der Waals surface area contributed by atoms with Crippen LogP contribution >= 0.6 is 48.6 Å². The van der Waals surface area contributed by atoms with Gasteiger partial charge in [0.25, 0.3) is 7.50 Å². The summed E-state index contributed by atoms with van der Waals surface area (Å²) in [5, 5.41) is 17.8. The predicted molar refractivity (Wildman–Crippen MR) is 275 cm³/mol. The maximum absolute atomic E-state index is 10.9. The van der Waals surface area contributed by atoms with Crippen molar-refractivity contribution in [1.29, 1.82) is 0 Å². The standard InChI is InChI=1S/C39H38N8O6P5S5/c1-44(40-25-30-5-15-35(16-6-30)49-54-59)55(60)50-36-17-7-31(8-18-36)26-41-45(2)56(61)51-37-19-9-32(10-20-37)27-42-46(3)57(62)52-38-21-11-33(12-22-38)28-43-47(4)58(63)53-39-23-13-34(29-48)14-24-39/h5-29,63H,1-4H3/q+3. The highest BCUT2D eigenvalue weighted by Crippen LogP contribution is 2.45. The van der Waals surface area contributed by atoms with Crippen LogP contribution in [0.2, 0.25) is 0 Å². The Labute approximate surface area is 397 Å². The summed E-state index contributed by atoms with van der Waals surface area (Å²) in [5.41, 5.74) is 3.99. The summed E-state index contributed by atoms with van der Waals surface area (Å²) < 4.78 is 35.5. The van der Waals surface area contributed by atoms with Crippen LogP contribution in [-0.2, 0) is 47.2 Å². The van der Waals surface area contributed by atoms with Gasteiger partial charge in [0, 0.05) is 12.6 Å². The monoisotopic (exact) mass is 1030 g/mol. The van der Waals surface area contributed by atoms with Crippen molar-refractivity contribution in [2.75, 3.05) is 28.2 Å². The Hall–Kier alpha value is -4.49. The van der Waals surface area contributed by atoms with Crippen LogP contribution in [0.1, 0.15) is 32.6 Å². The minimum atomic E-state index is -1.49. The molecule has 0 aliphatic heterocycles. The van der Waals surface area contributed by atoms with E-state index in [1.807, 2.05) is 97.1 Å². The molecule has 0 saturated carbocycles. The van der Waals surface area contributed by atoms with Gasteiger partial charge in [0.1, 0.15) is 17.8 Å². The van der Waals surface area contributed by atoms with Crippen LogP contribution in [-0.4, -0.2) is 78.5 Å². The van der Waals surface area contributed by atoms with Crippen molar-refractivity contribution < 1.29 is 27.4 Å². The molecule has 322 valence electrons. The molecule has 14 nitrogen and oxygen atoms in total. The molecule has 0 N–H and O–H groups in total. The first-order valence-electron chi connectivity index (χ1n) is 18.1. The van der Waals surface area contributed by atoms with Crippen molar-refractivity contribution in [2.45, 2.75) is 0 Å². The zero-order valence-electron chi connectivity index (χ0n) is 33.8. The number of thiol groups is 1. The molecule has 0 aromatic heterocycles. The highest BCUT2D eigenvalue weighted by atomic mass is 32.7. The largest absolute Gasteiger partial charge is 0.540 e. The first-order valence-corrected chi connectivity index (χ1v) is 28.9. The number of nitrogens with zero attached hydrogens (tertiary/aromatic N) is 8. The molecule has 5 aromatic carbocycles. The number of rotatable bonds is 23. The molecule has 63 heavy (non-hydrogen) atoms. The molecule has 5 aromatic rings. The molecule has 0 aliphatic carbocycles. The molecule has 4 atom stereocenters. The van der Waals surface area contributed by atoms with Gasteiger partial charge in [0.2, 0.25) is 43.0 Å². The fourth-order valence-corrected chi connectivity index (χ4v) is 8.76. The molecule has 0 radical (unpaired) electrons. The van der Waals surface area contributed by atoms with Gasteiger partial charge in [-0.3, -0.25) is 18.4 Å². The second-order valence-electron chi connectivity index (χ2n) is 12.4. The second kappa shape index (κ2) is 25.7. The molecule has 0 bridgehead atoms. The summed E-state index contributed by atoms with van der Waals surface area (Å²) in [4.78, 5) is 10.9. The van der Waals surface area contributed by atoms with E-state index in [0.717, 1.165) is 28.5 Å². The van der Waals surface area contributed by atoms with E-state index >= 15 is 0 Å². The van der Waals surface area contributed by atoms with Gasteiger partial charge in [-0.2, -0.15) is 5.10 Å². The van der Waals surface area contributed by atoms with Crippen LogP contribution in [0, 0.1) is 0 Å². The maximum atomic E-state index is 10.9. The Kier molecular flexibility index (Phi) is 20.2. The third kappa shape index (κ3) is 16.9. The fraction of sp³-hybridized carbons (Fsp3) is 0.103. The van der Waals surface area contributed by atoms with Gasteiger partial charge < -0.3 is 9.05 Å².